The summed E-state index contributed by atoms with van der Waals surface area (Å²) in [5, 5.41) is 2.91. The molecule has 1 aromatic rings. The van der Waals surface area contributed by atoms with E-state index in [4.69, 9.17) is 4.74 Å². The van der Waals surface area contributed by atoms with Gasteiger partial charge in [0.1, 0.15) is 5.75 Å². The van der Waals surface area contributed by atoms with Crippen LogP contribution in [0.25, 0.3) is 0 Å². The molecule has 0 radical (unpaired) electrons. The molecule has 0 saturated carbocycles. The van der Waals surface area contributed by atoms with Crippen LogP contribution < -0.4 is 10.1 Å². The van der Waals surface area contributed by atoms with Crippen LogP contribution >= 0.6 is 0 Å². The van der Waals surface area contributed by atoms with Crippen LogP contribution in [0.5, 0.6) is 5.75 Å². The van der Waals surface area contributed by atoms with Crippen LogP contribution in [-0.4, -0.2) is 60.1 Å². The Bertz CT molecular complexity index is 581. The second kappa shape index (κ2) is 4.87. The second-order valence-corrected chi connectivity index (χ2v) is 6.13. The maximum atomic E-state index is 11.6. The maximum Gasteiger partial charge on any atom is 0.317 e. The summed E-state index contributed by atoms with van der Waals surface area (Å²) in [6.45, 7) is 7.37. The number of carbonyl (C=O) groups excluding carboxylic acids is 1. The van der Waals surface area contributed by atoms with Crippen molar-refractivity contribution in [1.82, 2.24) is 20.1 Å². The summed E-state index contributed by atoms with van der Waals surface area (Å²) in [6, 6.07) is 0.0287. The number of amides is 2. The molecule has 1 spiro atoms. The number of methoxy groups -OCH3 is 1. The number of pyridine rings is 1. The topological polar surface area (TPSA) is 57.7 Å². The van der Waals surface area contributed by atoms with Crippen molar-refractivity contribution in [2.75, 3.05) is 33.8 Å². The zero-order valence-electron chi connectivity index (χ0n) is 13.1. The van der Waals surface area contributed by atoms with E-state index in [0.717, 1.165) is 48.7 Å². The molecule has 6 nitrogen and oxygen atoms in total. The quantitative estimate of drug-likeness (QED) is 0.899. The lowest BCUT2D eigenvalue weighted by atomic mass is 9.89. The zero-order chi connectivity index (χ0) is 15.2. The first-order valence-electron chi connectivity index (χ1n) is 7.20. The number of aryl methyl sites for hydroxylation is 1. The lowest BCUT2D eigenvalue weighted by Gasteiger charge is -2.50. The molecular formula is C15H22N4O2. The molecule has 2 saturated heterocycles. The van der Waals surface area contributed by atoms with Crippen LogP contribution in [0, 0.1) is 13.8 Å². The predicted molar refractivity (Wildman–Crippen MR) is 79.4 cm³/mol. The number of carbonyl (C=O) groups is 1. The van der Waals surface area contributed by atoms with Crippen molar-refractivity contribution >= 4 is 6.03 Å². The van der Waals surface area contributed by atoms with Gasteiger partial charge in [0.2, 0.25) is 0 Å². The number of hydrogen-bond acceptors (Lipinski definition) is 4. The minimum atomic E-state index is -0.0280. The number of ether oxygens (including phenoxy) is 1. The van der Waals surface area contributed by atoms with Crippen LogP contribution in [0.15, 0.2) is 6.20 Å². The largest absolute Gasteiger partial charge is 0.496 e. The number of urea groups is 1. The first kappa shape index (κ1) is 14.1. The number of nitrogens with zero attached hydrogens (tertiary/aromatic N) is 3. The van der Waals surface area contributed by atoms with E-state index in [9.17, 15) is 4.79 Å². The minimum absolute atomic E-state index is 0.0280. The Labute approximate surface area is 125 Å². The van der Waals surface area contributed by atoms with Crippen molar-refractivity contribution in [2.24, 2.45) is 0 Å². The summed E-state index contributed by atoms with van der Waals surface area (Å²) in [5.74, 6) is 0.921. The Morgan fingerprint density at radius 1 is 1.43 bits per heavy atom. The fourth-order valence-electron chi connectivity index (χ4n) is 3.36. The average Bonchev–Trinajstić information content (AvgIpc) is 2.71. The third kappa shape index (κ3) is 2.14. The summed E-state index contributed by atoms with van der Waals surface area (Å²) in [7, 11) is 3.57. The predicted octanol–water partition coefficient (Wildman–Crippen LogP) is 0.916. The molecule has 2 fully saturated rings. The Kier molecular flexibility index (Phi) is 3.28. The van der Waals surface area contributed by atoms with E-state index in [1.54, 1.807) is 7.11 Å². The first-order chi connectivity index (χ1) is 9.97. The molecule has 2 amide bonds. The van der Waals surface area contributed by atoms with E-state index in [1.165, 1.54) is 0 Å². The first-order valence-corrected chi connectivity index (χ1v) is 7.20. The smallest absolute Gasteiger partial charge is 0.317 e. The van der Waals surface area contributed by atoms with Gasteiger partial charge in [0, 0.05) is 50.6 Å². The van der Waals surface area contributed by atoms with E-state index in [2.05, 4.69) is 22.1 Å². The highest BCUT2D eigenvalue weighted by molar-refractivity contribution is 5.78. The van der Waals surface area contributed by atoms with Crippen LogP contribution in [-0.2, 0) is 6.54 Å². The molecule has 6 heteroatoms. The van der Waals surface area contributed by atoms with E-state index in [-0.39, 0.29) is 11.6 Å². The van der Waals surface area contributed by atoms with Crippen molar-refractivity contribution < 1.29 is 9.53 Å². The highest BCUT2D eigenvalue weighted by Gasteiger charge is 2.51. The Balaban J connectivity index is 1.69. The van der Waals surface area contributed by atoms with Gasteiger partial charge in [-0.1, -0.05) is 0 Å². The maximum absolute atomic E-state index is 11.6. The van der Waals surface area contributed by atoms with Gasteiger partial charge in [0.05, 0.1) is 18.3 Å². The monoisotopic (exact) mass is 290 g/mol. The third-order valence-electron chi connectivity index (χ3n) is 4.74. The molecule has 3 heterocycles. The lowest BCUT2D eigenvalue weighted by Crippen LogP contribution is -2.68. The molecule has 3 rings (SSSR count). The number of hydrogen-bond donors (Lipinski definition) is 1. The van der Waals surface area contributed by atoms with Gasteiger partial charge in [-0.15, -0.1) is 0 Å². The summed E-state index contributed by atoms with van der Waals surface area (Å²) >= 11 is 0. The summed E-state index contributed by atoms with van der Waals surface area (Å²) in [4.78, 5) is 20.3. The molecule has 0 unspecified atom stereocenters. The SMILES string of the molecule is COc1c(C)cnc(CN2CC3(CNC(=O)N3C)C2)c1C. The average molecular weight is 290 g/mol. The minimum Gasteiger partial charge on any atom is -0.496 e. The third-order valence-corrected chi connectivity index (χ3v) is 4.74. The molecule has 1 N–H and O–H groups in total. The molecule has 0 aromatic carbocycles. The van der Waals surface area contributed by atoms with E-state index in [0.29, 0.717) is 0 Å². The van der Waals surface area contributed by atoms with Crippen molar-refractivity contribution in [1.29, 1.82) is 0 Å². The van der Waals surface area contributed by atoms with Crippen LogP contribution in [0.3, 0.4) is 0 Å². The molecule has 0 atom stereocenters. The van der Waals surface area contributed by atoms with Gasteiger partial charge >= 0.3 is 6.03 Å². The Morgan fingerprint density at radius 2 is 2.14 bits per heavy atom. The molecular weight excluding hydrogens is 268 g/mol. The van der Waals surface area contributed by atoms with Gasteiger partial charge in [-0.2, -0.15) is 0 Å². The number of likely N-dealkylation sites (tertiary alicyclic amines) is 1. The molecule has 1 aromatic heterocycles. The van der Waals surface area contributed by atoms with E-state index >= 15 is 0 Å². The van der Waals surface area contributed by atoms with Gasteiger partial charge in [-0.05, 0) is 13.8 Å². The Hall–Kier alpha value is -1.82. The van der Waals surface area contributed by atoms with Gasteiger partial charge in [-0.3, -0.25) is 9.88 Å². The van der Waals surface area contributed by atoms with Crippen LogP contribution in [0.1, 0.15) is 16.8 Å². The van der Waals surface area contributed by atoms with Gasteiger partial charge in [-0.25, -0.2) is 4.79 Å². The van der Waals surface area contributed by atoms with Gasteiger partial charge < -0.3 is 15.0 Å². The van der Waals surface area contributed by atoms with Crippen LogP contribution in [0.2, 0.25) is 0 Å². The van der Waals surface area contributed by atoms with E-state index < -0.39 is 0 Å². The van der Waals surface area contributed by atoms with Gasteiger partial charge in [0.15, 0.2) is 0 Å². The molecule has 21 heavy (non-hydrogen) atoms. The second-order valence-electron chi connectivity index (χ2n) is 6.13. The fourth-order valence-corrected chi connectivity index (χ4v) is 3.36. The number of likely N-dealkylation sites (N-methyl/N-ethyl adjacent to an activating group) is 1. The number of nitrogens with one attached hydrogen (secondary N) is 1. The summed E-state index contributed by atoms with van der Waals surface area (Å²) < 4.78 is 5.45. The molecule has 2 aliphatic rings. The van der Waals surface area contributed by atoms with Crippen molar-refractivity contribution in [3.8, 4) is 5.75 Å². The standard InChI is InChI=1S/C15H22N4O2/c1-10-5-16-12(11(2)13(10)21-4)6-19-8-15(9-19)7-17-14(20)18(15)3/h5H,6-9H2,1-4H3,(H,17,20). The zero-order valence-corrected chi connectivity index (χ0v) is 13.1. The van der Waals surface area contributed by atoms with E-state index in [1.807, 2.05) is 25.1 Å². The fraction of sp³-hybridized carbons (Fsp3) is 0.600. The number of rotatable bonds is 3. The molecule has 0 bridgehead atoms. The van der Waals surface area contributed by atoms with Crippen molar-refractivity contribution in [3.63, 3.8) is 0 Å². The highest BCUT2D eigenvalue weighted by atomic mass is 16.5. The number of aromatic nitrogens is 1. The summed E-state index contributed by atoms with van der Waals surface area (Å²) in [5.41, 5.74) is 3.18. The van der Waals surface area contributed by atoms with Crippen LogP contribution in [0.4, 0.5) is 4.79 Å². The highest BCUT2D eigenvalue weighted by Crippen LogP contribution is 2.32. The summed E-state index contributed by atoms with van der Waals surface area (Å²) in [6.07, 6.45) is 1.86. The normalized spacial score (nSPS) is 20.6. The molecule has 114 valence electrons. The Morgan fingerprint density at radius 3 is 2.71 bits per heavy atom. The molecule has 2 aliphatic heterocycles. The van der Waals surface area contributed by atoms with Crippen molar-refractivity contribution in [2.45, 2.75) is 25.9 Å². The molecule has 0 aliphatic carbocycles. The van der Waals surface area contributed by atoms with Crippen molar-refractivity contribution in [3.05, 3.63) is 23.0 Å². The van der Waals surface area contributed by atoms with Gasteiger partial charge in [0.25, 0.3) is 0 Å². The lowest BCUT2D eigenvalue weighted by molar-refractivity contribution is -0.00196.